The Kier molecular flexibility index (Phi) is 6.35. The number of halogens is 2. The Hall–Kier alpha value is -2.00. The molecule has 0 aliphatic heterocycles. The van der Waals surface area contributed by atoms with Gasteiger partial charge < -0.3 is 10.1 Å². The summed E-state index contributed by atoms with van der Waals surface area (Å²) in [6.45, 7) is 0.640. The van der Waals surface area contributed by atoms with Gasteiger partial charge in [0.15, 0.2) is 0 Å². The number of para-hydroxylation sites is 1. The van der Waals surface area contributed by atoms with Crippen LogP contribution in [0.25, 0.3) is 0 Å². The zero-order chi connectivity index (χ0) is 17.5. The Morgan fingerprint density at radius 1 is 0.760 bits per heavy atom. The fourth-order valence-electron chi connectivity index (χ4n) is 2.58. The average Bonchev–Trinajstić information content (AvgIpc) is 2.64. The fourth-order valence-corrected chi connectivity index (χ4v) is 3.05. The number of nitrogens with one attached hydrogen (secondary N) is 1. The van der Waals surface area contributed by atoms with E-state index in [1.54, 1.807) is 0 Å². The molecule has 0 aliphatic carbocycles. The van der Waals surface area contributed by atoms with Crippen LogP contribution >= 0.6 is 23.2 Å². The number of ether oxygens (including phenoxy) is 1. The molecule has 0 fully saturated rings. The summed E-state index contributed by atoms with van der Waals surface area (Å²) in [6.07, 6.45) is 0. The van der Waals surface area contributed by atoms with E-state index in [2.05, 4.69) is 5.32 Å². The van der Waals surface area contributed by atoms with Crippen LogP contribution in [0, 0.1) is 0 Å². The maximum atomic E-state index is 6.16. The molecule has 3 aromatic carbocycles. The molecule has 1 N–H and O–H groups in total. The number of hydrogen-bond donors (Lipinski definition) is 1. The van der Waals surface area contributed by atoms with E-state index >= 15 is 0 Å². The van der Waals surface area contributed by atoms with Gasteiger partial charge in [-0.15, -0.1) is 23.2 Å². The summed E-state index contributed by atoms with van der Waals surface area (Å²) in [5.74, 6) is 1.62. The minimum Gasteiger partial charge on any atom is -0.457 e. The molecule has 0 saturated heterocycles. The van der Waals surface area contributed by atoms with Crippen molar-refractivity contribution in [2.75, 3.05) is 0 Å². The Balaban J connectivity index is 1.67. The molecule has 4 heteroatoms. The van der Waals surface area contributed by atoms with Gasteiger partial charge in [0, 0.05) is 6.54 Å². The second kappa shape index (κ2) is 8.91. The van der Waals surface area contributed by atoms with Gasteiger partial charge >= 0.3 is 0 Å². The first kappa shape index (κ1) is 17.8. The Bertz CT molecular complexity index is 778. The van der Waals surface area contributed by atoms with Crippen molar-refractivity contribution in [2.45, 2.75) is 17.4 Å². The summed E-state index contributed by atoms with van der Waals surface area (Å²) in [5, 5.41) is 3.42. The van der Waals surface area contributed by atoms with Crippen molar-refractivity contribution in [3.8, 4) is 11.5 Å². The van der Waals surface area contributed by atoms with Gasteiger partial charge in [-0.25, -0.2) is 0 Å². The number of rotatable bonds is 7. The van der Waals surface area contributed by atoms with Gasteiger partial charge in [-0.05, 0) is 35.4 Å². The lowest BCUT2D eigenvalue weighted by molar-refractivity contribution is 0.480. The molecule has 0 amide bonds. The molecule has 128 valence electrons. The van der Waals surface area contributed by atoms with Crippen molar-refractivity contribution in [1.29, 1.82) is 0 Å². The van der Waals surface area contributed by atoms with Crippen LogP contribution in [-0.2, 0) is 6.54 Å². The molecule has 1 unspecified atom stereocenters. The Morgan fingerprint density at radius 2 is 1.40 bits per heavy atom. The van der Waals surface area contributed by atoms with Crippen LogP contribution in [0.3, 0.4) is 0 Å². The van der Waals surface area contributed by atoms with Crippen molar-refractivity contribution < 1.29 is 4.74 Å². The Labute approximate surface area is 158 Å². The molecular weight excluding hydrogens is 353 g/mol. The first-order valence-corrected chi connectivity index (χ1v) is 8.98. The Morgan fingerprint density at radius 3 is 2.08 bits per heavy atom. The van der Waals surface area contributed by atoms with E-state index in [-0.39, 0.29) is 6.04 Å². The number of alkyl halides is 2. The quantitative estimate of drug-likeness (QED) is 0.505. The summed E-state index contributed by atoms with van der Waals surface area (Å²) in [5.41, 5.74) is 2.16. The van der Waals surface area contributed by atoms with Crippen LogP contribution < -0.4 is 10.1 Å². The topological polar surface area (TPSA) is 21.3 Å². The van der Waals surface area contributed by atoms with Gasteiger partial charge in [0.1, 0.15) is 16.3 Å². The van der Waals surface area contributed by atoms with Crippen molar-refractivity contribution in [3.05, 3.63) is 96.1 Å². The number of hydrogen-bond acceptors (Lipinski definition) is 2. The van der Waals surface area contributed by atoms with Crippen molar-refractivity contribution in [2.24, 2.45) is 0 Å². The lowest BCUT2D eigenvalue weighted by Gasteiger charge is -2.20. The average molecular weight is 372 g/mol. The fraction of sp³-hybridized carbons (Fsp3) is 0.143. The molecule has 25 heavy (non-hydrogen) atoms. The van der Waals surface area contributed by atoms with Gasteiger partial charge in [0.25, 0.3) is 0 Å². The second-order valence-electron chi connectivity index (χ2n) is 5.67. The molecule has 0 aliphatic rings. The van der Waals surface area contributed by atoms with Crippen molar-refractivity contribution in [3.63, 3.8) is 0 Å². The summed E-state index contributed by atoms with van der Waals surface area (Å²) in [4.78, 5) is -0.536. The minimum absolute atomic E-state index is 0.136. The third-order valence-corrected chi connectivity index (χ3v) is 4.32. The predicted octanol–water partition coefficient (Wildman–Crippen LogP) is 6.11. The summed E-state index contributed by atoms with van der Waals surface area (Å²) >= 11 is 12.3. The normalized spacial score (nSPS) is 12.1. The van der Waals surface area contributed by atoms with Crippen molar-refractivity contribution in [1.82, 2.24) is 5.32 Å². The molecule has 0 spiro atoms. The highest BCUT2D eigenvalue weighted by molar-refractivity contribution is 6.44. The van der Waals surface area contributed by atoms with Gasteiger partial charge in [0.2, 0.25) is 0 Å². The van der Waals surface area contributed by atoms with E-state index in [0.29, 0.717) is 6.54 Å². The SMILES string of the molecule is ClC(Cl)C(NCc1cccc(Oc2ccccc2)c1)c1ccccc1. The number of benzene rings is 3. The largest absolute Gasteiger partial charge is 0.457 e. The smallest absolute Gasteiger partial charge is 0.127 e. The van der Waals surface area contributed by atoms with E-state index in [1.807, 2.05) is 84.9 Å². The molecule has 0 heterocycles. The first-order chi connectivity index (χ1) is 12.2. The van der Waals surface area contributed by atoms with Crippen LogP contribution in [0.2, 0.25) is 0 Å². The van der Waals surface area contributed by atoms with Crippen LogP contribution in [0.5, 0.6) is 11.5 Å². The maximum Gasteiger partial charge on any atom is 0.127 e. The van der Waals surface area contributed by atoms with Crippen LogP contribution in [0.1, 0.15) is 17.2 Å². The molecular formula is C21H19Cl2NO. The van der Waals surface area contributed by atoms with Crippen LogP contribution in [0.4, 0.5) is 0 Å². The zero-order valence-corrected chi connectivity index (χ0v) is 15.1. The lowest BCUT2D eigenvalue weighted by Crippen LogP contribution is -2.26. The third kappa shape index (κ3) is 5.23. The molecule has 0 saturated carbocycles. The van der Waals surface area contributed by atoms with Crippen molar-refractivity contribution >= 4 is 23.2 Å². The molecule has 3 rings (SSSR count). The third-order valence-electron chi connectivity index (χ3n) is 3.81. The second-order valence-corrected chi connectivity index (χ2v) is 6.83. The highest BCUT2D eigenvalue weighted by Gasteiger charge is 2.18. The maximum absolute atomic E-state index is 6.16. The summed E-state index contributed by atoms with van der Waals surface area (Å²) in [6, 6.07) is 27.5. The molecule has 0 radical (unpaired) electrons. The van der Waals surface area contributed by atoms with E-state index in [0.717, 1.165) is 22.6 Å². The molecule has 0 bridgehead atoms. The summed E-state index contributed by atoms with van der Waals surface area (Å²) in [7, 11) is 0. The molecule has 2 nitrogen and oxygen atoms in total. The van der Waals surface area contributed by atoms with E-state index in [9.17, 15) is 0 Å². The van der Waals surface area contributed by atoms with Gasteiger partial charge in [-0.2, -0.15) is 0 Å². The van der Waals surface area contributed by atoms with E-state index in [1.165, 1.54) is 0 Å². The van der Waals surface area contributed by atoms with E-state index < -0.39 is 4.84 Å². The van der Waals surface area contributed by atoms with Gasteiger partial charge in [-0.3, -0.25) is 0 Å². The van der Waals surface area contributed by atoms with Crippen LogP contribution in [-0.4, -0.2) is 4.84 Å². The van der Waals surface area contributed by atoms with Gasteiger partial charge in [-0.1, -0.05) is 60.7 Å². The molecule has 1 atom stereocenters. The molecule has 3 aromatic rings. The monoisotopic (exact) mass is 371 g/mol. The minimum atomic E-state index is -0.536. The lowest BCUT2D eigenvalue weighted by atomic mass is 10.1. The highest BCUT2D eigenvalue weighted by Crippen LogP contribution is 2.26. The summed E-state index contributed by atoms with van der Waals surface area (Å²) < 4.78 is 5.88. The zero-order valence-electron chi connectivity index (χ0n) is 13.6. The van der Waals surface area contributed by atoms with Gasteiger partial charge in [0.05, 0.1) is 6.04 Å². The molecule has 0 aromatic heterocycles. The highest BCUT2D eigenvalue weighted by atomic mass is 35.5. The van der Waals surface area contributed by atoms with E-state index in [4.69, 9.17) is 27.9 Å². The standard InChI is InChI=1S/C21H19Cl2NO/c22-21(23)20(17-9-3-1-4-10-17)24-15-16-8-7-13-19(14-16)25-18-11-5-2-6-12-18/h1-14,20-21,24H,15H2. The predicted molar refractivity (Wildman–Crippen MR) is 104 cm³/mol. The first-order valence-electron chi connectivity index (χ1n) is 8.11. The van der Waals surface area contributed by atoms with Crippen LogP contribution in [0.15, 0.2) is 84.9 Å².